The number of hydrogen-bond donors (Lipinski definition) is 2. The Morgan fingerprint density at radius 2 is 1.64 bits per heavy atom. The van der Waals surface area contributed by atoms with Gasteiger partial charge < -0.3 is 5.73 Å². The third-order valence-electron chi connectivity index (χ3n) is 1.55. The van der Waals surface area contributed by atoms with Gasteiger partial charge in [-0.1, -0.05) is 0 Å². The topological polar surface area (TPSA) is 41.3 Å². The normalized spacial score (nSPS) is 12.0. The van der Waals surface area contributed by atoms with Crippen molar-refractivity contribution in [2.24, 2.45) is 5.73 Å². The van der Waals surface area contributed by atoms with Crippen molar-refractivity contribution >= 4 is 0 Å². The maximum absolute atomic E-state index is 5.39. The highest BCUT2D eigenvalue weighted by Gasteiger charge is 2.10. The Balaban J connectivity index is 3.70. The predicted octanol–water partition coefficient (Wildman–Crippen LogP) is 0.569. The van der Waals surface area contributed by atoms with Crippen LogP contribution in [0.3, 0.4) is 0 Å². The van der Waals surface area contributed by atoms with Crippen LogP contribution < -0.4 is 11.2 Å². The SMILES string of the molecule is CC(C)N(NCCN)C(C)C. The zero-order valence-electron chi connectivity index (χ0n) is 8.09. The van der Waals surface area contributed by atoms with E-state index in [1.807, 2.05) is 0 Å². The third-order valence-corrected chi connectivity index (χ3v) is 1.55. The molecule has 3 heteroatoms. The molecule has 0 aromatic rings. The summed E-state index contributed by atoms with van der Waals surface area (Å²) in [6.45, 7) is 10.2. The van der Waals surface area contributed by atoms with E-state index in [1.54, 1.807) is 0 Å². The number of hydrazine groups is 1. The molecule has 0 bridgehead atoms. The lowest BCUT2D eigenvalue weighted by Crippen LogP contribution is -2.48. The van der Waals surface area contributed by atoms with Crippen LogP contribution in [0, 0.1) is 0 Å². The van der Waals surface area contributed by atoms with Crippen molar-refractivity contribution in [3.05, 3.63) is 0 Å². The Labute approximate surface area is 69.9 Å². The zero-order valence-corrected chi connectivity index (χ0v) is 8.09. The first-order chi connectivity index (χ1) is 5.09. The number of nitrogens with one attached hydrogen (secondary N) is 1. The average molecular weight is 159 g/mol. The molecule has 0 heterocycles. The summed E-state index contributed by atoms with van der Waals surface area (Å²) in [5, 5.41) is 2.22. The van der Waals surface area contributed by atoms with Gasteiger partial charge in [-0.05, 0) is 27.7 Å². The molecule has 3 N–H and O–H groups in total. The van der Waals surface area contributed by atoms with Crippen LogP contribution in [-0.2, 0) is 0 Å². The molecule has 0 rings (SSSR count). The first-order valence-electron chi connectivity index (χ1n) is 4.31. The first-order valence-corrected chi connectivity index (χ1v) is 4.31. The van der Waals surface area contributed by atoms with Crippen LogP contribution in [0.2, 0.25) is 0 Å². The van der Waals surface area contributed by atoms with Gasteiger partial charge >= 0.3 is 0 Å². The summed E-state index contributed by atoms with van der Waals surface area (Å²) in [6.07, 6.45) is 0. The minimum Gasteiger partial charge on any atom is -0.329 e. The van der Waals surface area contributed by atoms with Crippen molar-refractivity contribution in [2.75, 3.05) is 13.1 Å². The lowest BCUT2D eigenvalue weighted by Gasteiger charge is -2.30. The average Bonchev–Trinajstić information content (AvgIpc) is 1.87. The summed E-state index contributed by atoms with van der Waals surface area (Å²) >= 11 is 0. The second-order valence-corrected chi connectivity index (χ2v) is 3.29. The molecule has 0 aliphatic heterocycles. The van der Waals surface area contributed by atoms with Gasteiger partial charge in [0.05, 0.1) is 0 Å². The van der Waals surface area contributed by atoms with Crippen molar-refractivity contribution in [3.63, 3.8) is 0 Å². The van der Waals surface area contributed by atoms with Gasteiger partial charge in [0, 0.05) is 25.2 Å². The quantitative estimate of drug-likeness (QED) is 0.576. The Morgan fingerprint density at radius 1 is 1.18 bits per heavy atom. The molecular formula is C8H21N3. The molecule has 11 heavy (non-hydrogen) atoms. The van der Waals surface area contributed by atoms with Crippen LogP contribution in [0.5, 0.6) is 0 Å². The number of nitrogens with two attached hydrogens (primary N) is 1. The molecule has 3 nitrogen and oxygen atoms in total. The van der Waals surface area contributed by atoms with Crippen LogP contribution in [0.25, 0.3) is 0 Å². The molecule has 0 fully saturated rings. The minimum atomic E-state index is 0.529. The van der Waals surface area contributed by atoms with Gasteiger partial charge in [-0.25, -0.2) is 5.01 Å². The van der Waals surface area contributed by atoms with Gasteiger partial charge in [0.2, 0.25) is 0 Å². The molecule has 0 aromatic carbocycles. The highest BCUT2D eigenvalue weighted by molar-refractivity contribution is 4.62. The Hall–Kier alpha value is -0.120. The van der Waals surface area contributed by atoms with Crippen molar-refractivity contribution in [3.8, 4) is 0 Å². The van der Waals surface area contributed by atoms with E-state index in [0.717, 1.165) is 6.54 Å². The van der Waals surface area contributed by atoms with Gasteiger partial charge in [-0.3, -0.25) is 5.43 Å². The van der Waals surface area contributed by atoms with Crippen LogP contribution in [0.1, 0.15) is 27.7 Å². The fraction of sp³-hybridized carbons (Fsp3) is 1.00. The first kappa shape index (κ1) is 10.9. The molecule has 0 unspecified atom stereocenters. The van der Waals surface area contributed by atoms with Gasteiger partial charge in [0.15, 0.2) is 0 Å². The lowest BCUT2D eigenvalue weighted by atomic mass is 10.3. The highest BCUT2D eigenvalue weighted by atomic mass is 15.5. The summed E-state index contributed by atoms with van der Waals surface area (Å²) in [6, 6.07) is 1.06. The van der Waals surface area contributed by atoms with E-state index in [-0.39, 0.29) is 0 Å². The molecular weight excluding hydrogens is 138 g/mol. The Morgan fingerprint density at radius 3 is 1.91 bits per heavy atom. The number of rotatable bonds is 5. The molecule has 0 saturated heterocycles. The molecule has 0 aliphatic carbocycles. The molecule has 0 saturated carbocycles. The maximum atomic E-state index is 5.39. The van der Waals surface area contributed by atoms with E-state index < -0.39 is 0 Å². The second-order valence-electron chi connectivity index (χ2n) is 3.29. The van der Waals surface area contributed by atoms with Crippen LogP contribution in [0.15, 0.2) is 0 Å². The largest absolute Gasteiger partial charge is 0.329 e. The Kier molecular flexibility index (Phi) is 5.46. The smallest absolute Gasteiger partial charge is 0.0225 e. The van der Waals surface area contributed by atoms with Gasteiger partial charge in [0.25, 0.3) is 0 Å². The van der Waals surface area contributed by atoms with Crippen molar-refractivity contribution in [1.29, 1.82) is 0 Å². The molecule has 0 spiro atoms. The Bertz CT molecular complexity index is 83.3. The zero-order chi connectivity index (χ0) is 8.85. The van der Waals surface area contributed by atoms with Crippen molar-refractivity contribution in [2.45, 2.75) is 39.8 Å². The van der Waals surface area contributed by atoms with E-state index in [9.17, 15) is 0 Å². The summed E-state index contributed by atoms with van der Waals surface area (Å²) < 4.78 is 0. The summed E-state index contributed by atoms with van der Waals surface area (Å²) in [4.78, 5) is 0. The van der Waals surface area contributed by atoms with E-state index >= 15 is 0 Å². The van der Waals surface area contributed by atoms with Crippen LogP contribution >= 0.6 is 0 Å². The van der Waals surface area contributed by atoms with E-state index in [1.165, 1.54) is 0 Å². The van der Waals surface area contributed by atoms with Gasteiger partial charge in [-0.2, -0.15) is 0 Å². The van der Waals surface area contributed by atoms with E-state index in [0.29, 0.717) is 18.6 Å². The standard InChI is InChI=1S/C8H21N3/c1-7(2)11(8(3)4)10-6-5-9/h7-8,10H,5-6,9H2,1-4H3. The molecule has 68 valence electrons. The molecule has 0 radical (unpaired) electrons. The molecule has 0 atom stereocenters. The minimum absolute atomic E-state index is 0.529. The predicted molar refractivity (Wildman–Crippen MR) is 49.2 cm³/mol. The summed E-state index contributed by atoms with van der Waals surface area (Å²) in [5.74, 6) is 0. The fourth-order valence-electron chi connectivity index (χ4n) is 1.16. The maximum Gasteiger partial charge on any atom is 0.0225 e. The van der Waals surface area contributed by atoms with E-state index in [2.05, 4.69) is 38.1 Å². The molecule has 0 aliphatic rings. The van der Waals surface area contributed by atoms with Gasteiger partial charge in [-0.15, -0.1) is 0 Å². The summed E-state index contributed by atoms with van der Waals surface area (Å²) in [7, 11) is 0. The van der Waals surface area contributed by atoms with Crippen molar-refractivity contribution in [1.82, 2.24) is 10.4 Å². The second kappa shape index (κ2) is 5.52. The molecule has 0 amide bonds. The summed E-state index contributed by atoms with van der Waals surface area (Å²) in [5.41, 5.74) is 8.66. The highest BCUT2D eigenvalue weighted by Crippen LogP contribution is 1.99. The molecule has 0 aromatic heterocycles. The van der Waals surface area contributed by atoms with Gasteiger partial charge in [0.1, 0.15) is 0 Å². The number of nitrogens with zero attached hydrogens (tertiary/aromatic N) is 1. The third kappa shape index (κ3) is 4.35. The number of hydrogen-bond acceptors (Lipinski definition) is 3. The van der Waals surface area contributed by atoms with Crippen LogP contribution in [0.4, 0.5) is 0 Å². The monoisotopic (exact) mass is 159 g/mol. The van der Waals surface area contributed by atoms with Crippen molar-refractivity contribution < 1.29 is 0 Å². The van der Waals surface area contributed by atoms with E-state index in [4.69, 9.17) is 5.73 Å². The fourth-order valence-corrected chi connectivity index (χ4v) is 1.16. The van der Waals surface area contributed by atoms with Crippen LogP contribution in [-0.4, -0.2) is 30.2 Å². The lowest BCUT2D eigenvalue weighted by molar-refractivity contribution is 0.105.